The number of nitrogens with zero attached hydrogens (tertiary/aromatic N) is 2. The Morgan fingerprint density at radius 2 is 1.52 bits per heavy atom. The van der Waals surface area contributed by atoms with Crippen LogP contribution in [-0.4, -0.2) is 24.2 Å². The van der Waals surface area contributed by atoms with E-state index >= 15 is 0 Å². The number of nitriles is 1. The molecule has 1 aliphatic heterocycles. The van der Waals surface area contributed by atoms with Crippen molar-refractivity contribution < 1.29 is 22.0 Å². The highest BCUT2D eigenvalue weighted by molar-refractivity contribution is 5.65. The van der Waals surface area contributed by atoms with Crippen LogP contribution in [0.3, 0.4) is 0 Å². The zero-order valence-corrected chi connectivity index (χ0v) is 29.0. The van der Waals surface area contributed by atoms with Crippen LogP contribution in [0, 0.1) is 22.7 Å². The van der Waals surface area contributed by atoms with E-state index in [1.54, 1.807) is 6.92 Å². The van der Waals surface area contributed by atoms with Crippen molar-refractivity contribution in [2.45, 2.75) is 77.3 Å². The van der Waals surface area contributed by atoms with E-state index in [0.29, 0.717) is 12.8 Å². The molecule has 1 aliphatic rings. The van der Waals surface area contributed by atoms with Gasteiger partial charge in [-0.25, -0.2) is 8.78 Å². The number of likely N-dealkylation sites (tertiary alicyclic amines) is 1. The third kappa shape index (κ3) is 8.46. The van der Waals surface area contributed by atoms with Gasteiger partial charge >= 0.3 is 6.18 Å². The molecule has 0 saturated carbocycles. The van der Waals surface area contributed by atoms with Gasteiger partial charge in [0.05, 0.1) is 17.0 Å². The second-order valence-electron chi connectivity index (χ2n) is 14.1. The summed E-state index contributed by atoms with van der Waals surface area (Å²) in [5.74, 6) is -3.00. The van der Waals surface area contributed by atoms with Gasteiger partial charge in [0.15, 0.2) is 0 Å². The summed E-state index contributed by atoms with van der Waals surface area (Å²) in [6, 6.07) is 32.8. The third-order valence-corrected chi connectivity index (χ3v) is 10.8. The fourth-order valence-electron chi connectivity index (χ4n) is 7.13. The van der Waals surface area contributed by atoms with Crippen LogP contribution in [0.1, 0.15) is 85.8 Å². The van der Waals surface area contributed by atoms with Crippen molar-refractivity contribution in [3.8, 4) is 17.2 Å². The van der Waals surface area contributed by atoms with Crippen LogP contribution in [0.2, 0.25) is 0 Å². The van der Waals surface area contributed by atoms with Crippen LogP contribution in [0.4, 0.5) is 22.0 Å². The van der Waals surface area contributed by atoms with E-state index in [2.05, 4.69) is 35.7 Å². The summed E-state index contributed by atoms with van der Waals surface area (Å²) in [5.41, 5.74) is 4.74. The number of benzene rings is 4. The maximum Gasteiger partial charge on any atom is 0.394 e. The van der Waals surface area contributed by atoms with Crippen LogP contribution in [-0.2, 0) is 18.8 Å². The standard InChI is InChI=1S/C43H45F5N2/c1-5-41(3,43(46,47)48)23-20-31-14-16-34(17-15-31)36-13-9-10-32(26-36)27-39(37-18-19-38(29-49)40(28-37)42(4,44)45)35-21-24-50(25-22-35)30(2)33-11-7-6-8-12-33/h6-19,26,28,35,39H,2,5,20-25,27H2,1,3-4H3. The first-order valence-electron chi connectivity index (χ1n) is 17.4. The Balaban J connectivity index is 1.38. The molecule has 0 N–H and O–H groups in total. The smallest absolute Gasteiger partial charge is 0.372 e. The van der Waals surface area contributed by atoms with Gasteiger partial charge < -0.3 is 4.90 Å². The number of rotatable bonds is 12. The van der Waals surface area contributed by atoms with Crippen molar-refractivity contribution in [2.75, 3.05) is 13.1 Å². The lowest BCUT2D eigenvalue weighted by Crippen LogP contribution is -2.35. The molecule has 5 rings (SSSR count). The maximum absolute atomic E-state index is 14.7. The minimum atomic E-state index is -4.25. The third-order valence-electron chi connectivity index (χ3n) is 10.8. The molecule has 1 heterocycles. The molecule has 0 spiro atoms. The minimum absolute atomic E-state index is 0.0165. The molecular formula is C43H45F5N2. The molecule has 1 fully saturated rings. The highest BCUT2D eigenvalue weighted by atomic mass is 19.4. The largest absolute Gasteiger partial charge is 0.394 e. The lowest BCUT2D eigenvalue weighted by molar-refractivity contribution is -0.221. The van der Waals surface area contributed by atoms with Gasteiger partial charge in [0, 0.05) is 31.3 Å². The molecule has 0 aliphatic carbocycles. The molecule has 0 bridgehead atoms. The van der Waals surface area contributed by atoms with Crippen molar-refractivity contribution in [3.05, 3.63) is 137 Å². The quantitative estimate of drug-likeness (QED) is 0.139. The summed E-state index contributed by atoms with van der Waals surface area (Å²) >= 11 is 0. The Morgan fingerprint density at radius 1 is 0.840 bits per heavy atom. The Kier molecular flexibility index (Phi) is 11.2. The van der Waals surface area contributed by atoms with E-state index in [-0.39, 0.29) is 35.8 Å². The average molecular weight is 685 g/mol. The Bertz CT molecular complexity index is 1790. The number of halogens is 5. The minimum Gasteiger partial charge on any atom is -0.372 e. The van der Waals surface area contributed by atoms with Crippen LogP contribution in [0.5, 0.6) is 0 Å². The van der Waals surface area contributed by atoms with Crippen molar-refractivity contribution in [1.82, 2.24) is 4.90 Å². The second kappa shape index (κ2) is 15.2. The molecule has 262 valence electrons. The molecule has 0 amide bonds. The normalized spacial score (nSPS) is 16.0. The number of alkyl halides is 5. The van der Waals surface area contributed by atoms with Crippen molar-refractivity contribution >= 4 is 5.70 Å². The Labute approximate surface area is 293 Å². The molecule has 2 unspecified atom stereocenters. The molecule has 4 aromatic rings. The van der Waals surface area contributed by atoms with E-state index in [1.807, 2.05) is 66.7 Å². The lowest BCUT2D eigenvalue weighted by atomic mass is 9.75. The highest BCUT2D eigenvalue weighted by Crippen LogP contribution is 2.44. The maximum atomic E-state index is 14.7. The topological polar surface area (TPSA) is 27.0 Å². The van der Waals surface area contributed by atoms with Gasteiger partial charge in [-0.15, -0.1) is 0 Å². The summed E-state index contributed by atoms with van der Waals surface area (Å²) < 4.78 is 70.3. The van der Waals surface area contributed by atoms with Crippen molar-refractivity contribution in [1.29, 1.82) is 5.26 Å². The average Bonchev–Trinajstić information content (AvgIpc) is 3.12. The van der Waals surface area contributed by atoms with E-state index in [0.717, 1.165) is 71.9 Å². The zero-order chi connectivity index (χ0) is 36.1. The van der Waals surface area contributed by atoms with E-state index in [1.165, 1.54) is 19.1 Å². The first-order chi connectivity index (χ1) is 23.7. The van der Waals surface area contributed by atoms with Gasteiger partial charge in [-0.05, 0) is 95.9 Å². The SMILES string of the molecule is C=C(c1ccccc1)N1CCC(C(Cc2cccc(-c3ccc(CCC(C)(CC)C(F)(F)F)cc3)c2)c2ccc(C#N)c(C(C)(F)F)c2)CC1. The number of aryl methyl sites for hydroxylation is 1. The summed E-state index contributed by atoms with van der Waals surface area (Å²) in [6.45, 7) is 9.66. The van der Waals surface area contributed by atoms with Gasteiger partial charge in [-0.2, -0.15) is 18.4 Å². The fourth-order valence-corrected chi connectivity index (χ4v) is 7.13. The first kappa shape index (κ1) is 36.8. The second-order valence-corrected chi connectivity index (χ2v) is 14.1. The van der Waals surface area contributed by atoms with Gasteiger partial charge in [-0.3, -0.25) is 0 Å². The predicted molar refractivity (Wildman–Crippen MR) is 192 cm³/mol. The molecule has 2 atom stereocenters. The Morgan fingerprint density at radius 3 is 2.12 bits per heavy atom. The summed E-state index contributed by atoms with van der Waals surface area (Å²) in [5, 5.41) is 9.59. The summed E-state index contributed by atoms with van der Waals surface area (Å²) in [7, 11) is 0. The summed E-state index contributed by atoms with van der Waals surface area (Å²) in [6.07, 6.45) is -1.48. The van der Waals surface area contributed by atoms with E-state index in [4.69, 9.17) is 0 Å². The molecule has 2 nitrogen and oxygen atoms in total. The van der Waals surface area contributed by atoms with E-state index in [9.17, 15) is 27.2 Å². The monoisotopic (exact) mass is 684 g/mol. The Hall–Kier alpha value is -4.44. The van der Waals surface area contributed by atoms with Crippen LogP contribution in [0.25, 0.3) is 16.8 Å². The van der Waals surface area contributed by atoms with Crippen molar-refractivity contribution in [2.24, 2.45) is 11.3 Å². The zero-order valence-electron chi connectivity index (χ0n) is 29.0. The number of hydrogen-bond donors (Lipinski definition) is 0. The van der Waals surface area contributed by atoms with Gasteiger partial charge in [-0.1, -0.05) is 105 Å². The number of hydrogen-bond acceptors (Lipinski definition) is 2. The lowest BCUT2D eigenvalue weighted by Gasteiger charge is -2.38. The molecule has 50 heavy (non-hydrogen) atoms. The molecule has 0 radical (unpaired) electrons. The van der Waals surface area contributed by atoms with Crippen LogP contribution < -0.4 is 0 Å². The molecular weight excluding hydrogens is 639 g/mol. The molecule has 4 aromatic carbocycles. The van der Waals surface area contributed by atoms with Gasteiger partial charge in [0.25, 0.3) is 5.92 Å². The van der Waals surface area contributed by atoms with Crippen LogP contribution >= 0.6 is 0 Å². The van der Waals surface area contributed by atoms with E-state index < -0.39 is 17.5 Å². The number of piperidine rings is 1. The predicted octanol–water partition coefficient (Wildman–Crippen LogP) is 12.0. The van der Waals surface area contributed by atoms with Crippen LogP contribution in [0.15, 0.2) is 104 Å². The fraction of sp³-hybridized carbons (Fsp3) is 0.372. The molecule has 7 heteroatoms. The summed E-state index contributed by atoms with van der Waals surface area (Å²) in [4.78, 5) is 2.30. The highest BCUT2D eigenvalue weighted by Gasteiger charge is 2.48. The molecule has 1 saturated heterocycles. The van der Waals surface area contributed by atoms with Gasteiger partial charge in [0.2, 0.25) is 0 Å². The first-order valence-corrected chi connectivity index (χ1v) is 17.4. The van der Waals surface area contributed by atoms with Crippen molar-refractivity contribution in [3.63, 3.8) is 0 Å². The van der Waals surface area contributed by atoms with Gasteiger partial charge in [0.1, 0.15) is 0 Å². The molecule has 0 aromatic heterocycles.